The summed E-state index contributed by atoms with van der Waals surface area (Å²) in [5, 5.41) is 12.4. The van der Waals surface area contributed by atoms with E-state index in [2.05, 4.69) is 28.7 Å². The minimum Gasteiger partial charge on any atom is -0.365 e. The predicted molar refractivity (Wildman–Crippen MR) is 65.3 cm³/mol. The van der Waals surface area contributed by atoms with Crippen LogP contribution in [-0.2, 0) is 0 Å². The first-order valence-corrected chi connectivity index (χ1v) is 7.01. The van der Waals surface area contributed by atoms with Gasteiger partial charge in [-0.15, -0.1) is 22.0 Å². The predicted octanol–water partition coefficient (Wildman–Crippen LogP) is 2.36. The molecular formula is C9H15N3S2. The van der Waals surface area contributed by atoms with Crippen molar-refractivity contribution >= 4 is 29.3 Å². The maximum atomic E-state index is 4.08. The Morgan fingerprint density at radius 2 is 2.14 bits per heavy atom. The molecule has 0 amide bonds. The molecule has 1 rings (SSSR count). The lowest BCUT2D eigenvalue weighted by molar-refractivity contribution is 0.864. The molecule has 1 heterocycles. The first kappa shape index (κ1) is 11.7. The number of anilines is 1. The molecule has 3 nitrogen and oxygen atoms in total. The fourth-order valence-electron chi connectivity index (χ4n) is 1.05. The van der Waals surface area contributed by atoms with Crippen molar-refractivity contribution in [1.29, 1.82) is 0 Å². The van der Waals surface area contributed by atoms with E-state index in [-0.39, 0.29) is 0 Å². The Hall–Kier alpha value is -0.420. The number of nitrogens with zero attached hydrogens (tertiary/aromatic N) is 2. The van der Waals surface area contributed by atoms with Crippen LogP contribution in [0.3, 0.4) is 0 Å². The maximum absolute atomic E-state index is 4.08. The first-order chi connectivity index (χ1) is 6.76. The summed E-state index contributed by atoms with van der Waals surface area (Å²) in [6.07, 6.45) is 4.09. The Labute approximate surface area is 93.5 Å². The molecule has 1 unspecified atom stereocenters. The Kier molecular flexibility index (Phi) is 5.11. The molecule has 0 aliphatic carbocycles. The molecule has 1 aromatic heterocycles. The largest absolute Gasteiger partial charge is 0.365 e. The van der Waals surface area contributed by atoms with Crippen LogP contribution in [0.1, 0.15) is 6.92 Å². The molecule has 0 saturated heterocycles. The highest BCUT2D eigenvalue weighted by atomic mass is 32.2. The van der Waals surface area contributed by atoms with E-state index in [1.54, 1.807) is 11.8 Å². The Bertz CT molecular complexity index is 263. The normalized spacial score (nSPS) is 12.5. The molecule has 5 heteroatoms. The van der Waals surface area contributed by atoms with Crippen molar-refractivity contribution < 1.29 is 0 Å². The summed E-state index contributed by atoms with van der Waals surface area (Å²) in [5.41, 5.74) is 0. The molecule has 0 fully saturated rings. The van der Waals surface area contributed by atoms with Crippen molar-refractivity contribution in [1.82, 2.24) is 10.2 Å². The molecular weight excluding hydrogens is 214 g/mol. The van der Waals surface area contributed by atoms with Gasteiger partial charge in [-0.1, -0.05) is 0 Å². The maximum Gasteiger partial charge on any atom is 0.148 e. The Morgan fingerprint density at radius 1 is 1.36 bits per heavy atom. The molecule has 0 saturated carbocycles. The van der Waals surface area contributed by atoms with Crippen LogP contribution in [0.15, 0.2) is 17.2 Å². The zero-order valence-electron chi connectivity index (χ0n) is 8.65. The summed E-state index contributed by atoms with van der Waals surface area (Å²) in [5.74, 6) is 1.93. The topological polar surface area (TPSA) is 37.8 Å². The van der Waals surface area contributed by atoms with E-state index < -0.39 is 0 Å². The van der Waals surface area contributed by atoms with E-state index in [1.165, 1.54) is 0 Å². The zero-order chi connectivity index (χ0) is 10.4. The van der Waals surface area contributed by atoms with Gasteiger partial charge in [-0.25, -0.2) is 0 Å². The molecule has 0 bridgehead atoms. The third kappa shape index (κ3) is 3.75. The highest BCUT2D eigenvalue weighted by Gasteiger charge is 2.02. The molecule has 0 aliphatic heterocycles. The van der Waals surface area contributed by atoms with Crippen molar-refractivity contribution in [3.8, 4) is 0 Å². The quantitative estimate of drug-likeness (QED) is 0.785. The zero-order valence-corrected chi connectivity index (χ0v) is 10.3. The van der Waals surface area contributed by atoms with Gasteiger partial charge in [-0.3, -0.25) is 0 Å². The molecule has 0 aromatic carbocycles. The summed E-state index contributed by atoms with van der Waals surface area (Å²) in [4.78, 5) is 0. The van der Waals surface area contributed by atoms with Crippen LogP contribution < -0.4 is 5.32 Å². The third-order valence-corrected chi connectivity index (χ3v) is 3.13. The molecule has 1 atom stereocenters. The van der Waals surface area contributed by atoms with Crippen LogP contribution >= 0.6 is 23.5 Å². The van der Waals surface area contributed by atoms with Crippen LogP contribution in [0.5, 0.6) is 0 Å². The highest BCUT2D eigenvalue weighted by Crippen LogP contribution is 2.12. The van der Waals surface area contributed by atoms with Crippen molar-refractivity contribution in [2.45, 2.75) is 18.0 Å². The summed E-state index contributed by atoms with van der Waals surface area (Å²) < 4.78 is 0. The van der Waals surface area contributed by atoms with Gasteiger partial charge in [-0.05, 0) is 31.6 Å². The second-order valence-electron chi connectivity index (χ2n) is 2.96. The van der Waals surface area contributed by atoms with Gasteiger partial charge in [0.05, 0.1) is 0 Å². The van der Waals surface area contributed by atoms with Gasteiger partial charge in [0.1, 0.15) is 10.8 Å². The van der Waals surface area contributed by atoms with Crippen molar-refractivity contribution in [2.24, 2.45) is 0 Å². The highest BCUT2D eigenvalue weighted by molar-refractivity contribution is 7.98. The molecule has 1 N–H and O–H groups in total. The van der Waals surface area contributed by atoms with Crippen LogP contribution in [0.2, 0.25) is 0 Å². The van der Waals surface area contributed by atoms with Crippen molar-refractivity contribution in [3.05, 3.63) is 12.1 Å². The van der Waals surface area contributed by atoms with E-state index in [4.69, 9.17) is 0 Å². The lowest BCUT2D eigenvalue weighted by atomic mass is 10.4. The standard InChI is InChI=1S/C9H15N3S2/c1-7(6-13-2)10-8-4-5-9(14-3)12-11-8/h4-5,7H,6H2,1-3H3,(H,10,11). The SMILES string of the molecule is CSCC(C)Nc1ccc(SC)nn1. The van der Waals surface area contributed by atoms with Gasteiger partial charge < -0.3 is 5.32 Å². The third-order valence-electron chi connectivity index (χ3n) is 1.66. The Morgan fingerprint density at radius 3 is 2.64 bits per heavy atom. The van der Waals surface area contributed by atoms with Crippen molar-refractivity contribution in [2.75, 3.05) is 23.6 Å². The number of nitrogens with one attached hydrogen (secondary N) is 1. The molecule has 0 radical (unpaired) electrons. The summed E-state index contributed by atoms with van der Waals surface area (Å²) in [6.45, 7) is 2.14. The number of thioether (sulfide) groups is 2. The van der Waals surface area contributed by atoms with Crippen LogP contribution in [0.4, 0.5) is 5.82 Å². The van der Waals surface area contributed by atoms with Gasteiger partial charge in [0.15, 0.2) is 0 Å². The monoisotopic (exact) mass is 229 g/mol. The van der Waals surface area contributed by atoms with E-state index in [0.717, 1.165) is 16.6 Å². The second-order valence-corrected chi connectivity index (χ2v) is 4.70. The van der Waals surface area contributed by atoms with Gasteiger partial charge >= 0.3 is 0 Å². The first-order valence-electron chi connectivity index (χ1n) is 4.39. The fraction of sp³-hybridized carbons (Fsp3) is 0.556. The fourth-order valence-corrected chi connectivity index (χ4v) is 1.96. The van der Waals surface area contributed by atoms with Gasteiger partial charge in [0.25, 0.3) is 0 Å². The molecule has 1 aromatic rings. The second kappa shape index (κ2) is 6.14. The molecule has 78 valence electrons. The lowest BCUT2D eigenvalue weighted by Crippen LogP contribution is -2.18. The van der Waals surface area contributed by atoms with Gasteiger partial charge in [0.2, 0.25) is 0 Å². The lowest BCUT2D eigenvalue weighted by Gasteiger charge is -2.12. The van der Waals surface area contributed by atoms with E-state index >= 15 is 0 Å². The minimum atomic E-state index is 0.430. The number of rotatable bonds is 5. The number of hydrogen-bond donors (Lipinski definition) is 1. The summed E-state index contributed by atoms with van der Waals surface area (Å²) >= 11 is 3.42. The van der Waals surface area contributed by atoms with E-state index in [9.17, 15) is 0 Å². The van der Waals surface area contributed by atoms with Crippen LogP contribution in [0.25, 0.3) is 0 Å². The molecule has 14 heavy (non-hydrogen) atoms. The number of aromatic nitrogens is 2. The molecule has 0 spiro atoms. The van der Waals surface area contributed by atoms with Gasteiger partial charge in [0, 0.05) is 11.8 Å². The van der Waals surface area contributed by atoms with Gasteiger partial charge in [-0.2, -0.15) is 11.8 Å². The average molecular weight is 229 g/mol. The smallest absolute Gasteiger partial charge is 0.148 e. The summed E-state index contributed by atoms with van der Waals surface area (Å²) in [7, 11) is 0. The van der Waals surface area contributed by atoms with Crippen molar-refractivity contribution in [3.63, 3.8) is 0 Å². The van der Waals surface area contributed by atoms with Crippen LogP contribution in [0, 0.1) is 0 Å². The van der Waals surface area contributed by atoms with E-state index in [0.29, 0.717) is 6.04 Å². The van der Waals surface area contributed by atoms with Crippen LogP contribution in [-0.4, -0.2) is 34.5 Å². The minimum absolute atomic E-state index is 0.430. The molecule has 0 aliphatic rings. The van der Waals surface area contributed by atoms with E-state index in [1.807, 2.05) is 30.2 Å². The Balaban J connectivity index is 2.50. The average Bonchev–Trinajstić information content (AvgIpc) is 2.19. The summed E-state index contributed by atoms with van der Waals surface area (Å²) in [6, 6.07) is 4.38. The number of hydrogen-bond acceptors (Lipinski definition) is 5.